The second-order valence-electron chi connectivity index (χ2n) is 4.27. The minimum atomic E-state index is -0.395. The summed E-state index contributed by atoms with van der Waals surface area (Å²) in [5, 5.41) is 5.95. The fourth-order valence-electron chi connectivity index (χ4n) is 1.72. The van der Waals surface area contributed by atoms with Crippen LogP contribution >= 0.6 is 0 Å². The number of hydrogen-bond acceptors (Lipinski definition) is 3. The van der Waals surface area contributed by atoms with Crippen molar-refractivity contribution in [1.82, 2.24) is 15.6 Å². The minimum absolute atomic E-state index is 0.154. The second-order valence-corrected chi connectivity index (χ2v) is 4.27. The molecular formula is C14H14FN3O2. The highest BCUT2D eigenvalue weighted by molar-refractivity contribution is 5.94. The standard InChI is InChI=1S/C14H14FN3O2/c1-9(19)16-6-7-17-14(20)12-5-3-10-2-4-11(15)8-13(10)18-12/h2-5,8H,6-7H2,1H3,(H,16,19)(H,17,20). The Kier molecular flexibility index (Phi) is 4.24. The van der Waals surface area contributed by atoms with E-state index in [1.807, 2.05) is 0 Å². The zero-order chi connectivity index (χ0) is 14.5. The van der Waals surface area contributed by atoms with Crippen molar-refractivity contribution in [1.29, 1.82) is 0 Å². The monoisotopic (exact) mass is 275 g/mol. The molecule has 0 bridgehead atoms. The highest BCUT2D eigenvalue weighted by Gasteiger charge is 2.08. The average Bonchev–Trinajstić information content (AvgIpc) is 2.42. The number of pyridine rings is 1. The van der Waals surface area contributed by atoms with Crippen molar-refractivity contribution in [2.75, 3.05) is 13.1 Å². The molecule has 0 saturated carbocycles. The van der Waals surface area contributed by atoms with E-state index in [1.54, 1.807) is 18.2 Å². The van der Waals surface area contributed by atoms with E-state index < -0.39 is 5.82 Å². The Morgan fingerprint density at radius 2 is 1.85 bits per heavy atom. The number of halogens is 1. The molecule has 2 amide bonds. The Hall–Kier alpha value is -2.50. The van der Waals surface area contributed by atoms with Crippen molar-refractivity contribution in [3.8, 4) is 0 Å². The molecule has 2 rings (SSSR count). The molecule has 0 spiro atoms. The second kappa shape index (κ2) is 6.10. The van der Waals surface area contributed by atoms with Crippen LogP contribution in [0.4, 0.5) is 4.39 Å². The van der Waals surface area contributed by atoms with Gasteiger partial charge in [0.25, 0.3) is 5.91 Å². The van der Waals surface area contributed by atoms with E-state index in [1.165, 1.54) is 19.1 Å². The molecule has 0 aliphatic rings. The number of amides is 2. The molecule has 20 heavy (non-hydrogen) atoms. The molecule has 2 aromatic rings. The Balaban J connectivity index is 2.04. The predicted octanol–water partition coefficient (Wildman–Crippen LogP) is 1.24. The van der Waals surface area contributed by atoms with Crippen LogP contribution in [0.1, 0.15) is 17.4 Å². The number of carbonyl (C=O) groups excluding carboxylic acids is 2. The van der Waals surface area contributed by atoms with Gasteiger partial charge < -0.3 is 10.6 Å². The van der Waals surface area contributed by atoms with E-state index in [0.717, 1.165) is 5.39 Å². The maximum absolute atomic E-state index is 13.1. The zero-order valence-corrected chi connectivity index (χ0v) is 10.9. The molecular weight excluding hydrogens is 261 g/mol. The SMILES string of the molecule is CC(=O)NCCNC(=O)c1ccc2ccc(F)cc2n1. The molecule has 0 unspecified atom stereocenters. The van der Waals surface area contributed by atoms with Crippen molar-refractivity contribution < 1.29 is 14.0 Å². The maximum Gasteiger partial charge on any atom is 0.269 e. The lowest BCUT2D eigenvalue weighted by molar-refractivity contribution is -0.118. The van der Waals surface area contributed by atoms with Crippen LogP contribution in [0.5, 0.6) is 0 Å². The predicted molar refractivity (Wildman–Crippen MR) is 72.7 cm³/mol. The molecule has 0 aliphatic heterocycles. The molecule has 0 aliphatic carbocycles. The fourth-order valence-corrected chi connectivity index (χ4v) is 1.72. The first-order chi connectivity index (χ1) is 9.56. The number of benzene rings is 1. The fraction of sp³-hybridized carbons (Fsp3) is 0.214. The smallest absolute Gasteiger partial charge is 0.269 e. The van der Waals surface area contributed by atoms with Gasteiger partial charge in [-0.05, 0) is 18.2 Å². The molecule has 2 N–H and O–H groups in total. The zero-order valence-electron chi connectivity index (χ0n) is 10.9. The quantitative estimate of drug-likeness (QED) is 0.825. The van der Waals surface area contributed by atoms with Gasteiger partial charge in [-0.2, -0.15) is 0 Å². The van der Waals surface area contributed by atoms with Crippen LogP contribution in [0.15, 0.2) is 30.3 Å². The number of fused-ring (bicyclic) bond motifs is 1. The lowest BCUT2D eigenvalue weighted by atomic mass is 10.2. The molecule has 1 heterocycles. The van der Waals surface area contributed by atoms with E-state index in [9.17, 15) is 14.0 Å². The molecule has 1 aromatic heterocycles. The normalized spacial score (nSPS) is 10.3. The summed E-state index contributed by atoms with van der Waals surface area (Å²) in [6.45, 7) is 2.06. The summed E-state index contributed by atoms with van der Waals surface area (Å²) < 4.78 is 13.1. The van der Waals surface area contributed by atoms with Crippen LogP contribution in [-0.2, 0) is 4.79 Å². The number of aromatic nitrogens is 1. The highest BCUT2D eigenvalue weighted by Crippen LogP contribution is 2.13. The van der Waals surface area contributed by atoms with Gasteiger partial charge in [0, 0.05) is 31.5 Å². The van der Waals surface area contributed by atoms with Gasteiger partial charge >= 0.3 is 0 Å². The van der Waals surface area contributed by atoms with Crippen LogP contribution in [0, 0.1) is 5.82 Å². The van der Waals surface area contributed by atoms with Crippen LogP contribution in [0.25, 0.3) is 10.9 Å². The van der Waals surface area contributed by atoms with Crippen LogP contribution in [0.3, 0.4) is 0 Å². The first-order valence-corrected chi connectivity index (χ1v) is 6.15. The van der Waals surface area contributed by atoms with Crippen molar-refractivity contribution in [2.24, 2.45) is 0 Å². The molecule has 1 aromatic carbocycles. The van der Waals surface area contributed by atoms with E-state index in [4.69, 9.17) is 0 Å². The van der Waals surface area contributed by atoms with E-state index in [-0.39, 0.29) is 17.5 Å². The molecule has 104 valence electrons. The highest BCUT2D eigenvalue weighted by atomic mass is 19.1. The van der Waals surface area contributed by atoms with Crippen molar-refractivity contribution >= 4 is 22.7 Å². The molecule has 0 saturated heterocycles. The van der Waals surface area contributed by atoms with Crippen molar-refractivity contribution in [2.45, 2.75) is 6.92 Å². The van der Waals surface area contributed by atoms with Crippen molar-refractivity contribution in [3.05, 3.63) is 41.8 Å². The van der Waals surface area contributed by atoms with Gasteiger partial charge in [-0.1, -0.05) is 6.07 Å². The molecule has 0 radical (unpaired) electrons. The summed E-state index contributed by atoms with van der Waals surface area (Å²) in [5.41, 5.74) is 0.644. The Bertz CT molecular complexity index is 658. The first kappa shape index (κ1) is 13.9. The van der Waals surface area contributed by atoms with Crippen molar-refractivity contribution in [3.63, 3.8) is 0 Å². The van der Waals surface area contributed by atoms with Gasteiger partial charge in [0.2, 0.25) is 5.91 Å². The Labute approximate surface area is 115 Å². The largest absolute Gasteiger partial charge is 0.355 e. The van der Waals surface area contributed by atoms with E-state index in [0.29, 0.717) is 18.6 Å². The number of nitrogens with one attached hydrogen (secondary N) is 2. The maximum atomic E-state index is 13.1. The summed E-state index contributed by atoms with van der Waals surface area (Å²) in [7, 11) is 0. The number of rotatable bonds is 4. The number of nitrogens with zero attached hydrogens (tertiary/aromatic N) is 1. The molecule has 5 nitrogen and oxygen atoms in total. The third-order valence-electron chi connectivity index (χ3n) is 2.67. The average molecular weight is 275 g/mol. The summed E-state index contributed by atoms with van der Waals surface area (Å²) in [5.74, 6) is -0.909. The summed E-state index contributed by atoms with van der Waals surface area (Å²) in [6, 6.07) is 7.52. The van der Waals surface area contributed by atoms with Gasteiger partial charge in [0.15, 0.2) is 0 Å². The van der Waals surface area contributed by atoms with Crippen LogP contribution < -0.4 is 10.6 Å². The molecule has 0 atom stereocenters. The van der Waals surface area contributed by atoms with Crippen LogP contribution in [0.2, 0.25) is 0 Å². The summed E-state index contributed by atoms with van der Waals surface area (Å²) in [6.07, 6.45) is 0. The Morgan fingerprint density at radius 3 is 2.60 bits per heavy atom. The number of carbonyl (C=O) groups is 2. The van der Waals surface area contributed by atoms with Gasteiger partial charge in [0.05, 0.1) is 5.52 Å². The summed E-state index contributed by atoms with van der Waals surface area (Å²) >= 11 is 0. The Morgan fingerprint density at radius 1 is 1.15 bits per heavy atom. The van der Waals surface area contributed by atoms with Gasteiger partial charge in [-0.25, -0.2) is 9.37 Å². The lowest BCUT2D eigenvalue weighted by Crippen LogP contribution is -2.33. The van der Waals surface area contributed by atoms with Gasteiger partial charge in [-0.3, -0.25) is 9.59 Å². The third kappa shape index (κ3) is 3.50. The lowest BCUT2D eigenvalue weighted by Gasteiger charge is -2.06. The van der Waals surface area contributed by atoms with E-state index >= 15 is 0 Å². The van der Waals surface area contributed by atoms with Gasteiger partial charge in [0.1, 0.15) is 11.5 Å². The van der Waals surface area contributed by atoms with Gasteiger partial charge in [-0.15, -0.1) is 0 Å². The minimum Gasteiger partial charge on any atom is -0.355 e. The van der Waals surface area contributed by atoms with E-state index in [2.05, 4.69) is 15.6 Å². The molecule has 0 fully saturated rings. The topological polar surface area (TPSA) is 71.1 Å². The first-order valence-electron chi connectivity index (χ1n) is 6.15. The third-order valence-corrected chi connectivity index (χ3v) is 2.67. The number of hydrogen-bond donors (Lipinski definition) is 2. The molecule has 6 heteroatoms. The van der Waals surface area contributed by atoms with Crippen LogP contribution in [-0.4, -0.2) is 29.9 Å². The summed E-state index contributed by atoms with van der Waals surface area (Å²) in [4.78, 5) is 26.6.